The summed E-state index contributed by atoms with van der Waals surface area (Å²) in [5.41, 5.74) is -0.843. The Morgan fingerprint density at radius 3 is 2.51 bits per heavy atom. The zero-order valence-corrected chi connectivity index (χ0v) is 20.0. The van der Waals surface area contributed by atoms with Crippen molar-refractivity contribution in [3.8, 4) is 0 Å². The van der Waals surface area contributed by atoms with Crippen LogP contribution in [0.15, 0.2) is 12.4 Å². The van der Waals surface area contributed by atoms with Crippen LogP contribution < -0.4 is 16.0 Å². The number of alkyl carbamates (subject to hydrolysis) is 1. The number of carbonyl (C=O) groups excluding carboxylic acids is 2. The third kappa shape index (κ3) is 7.45. The fourth-order valence-electron chi connectivity index (χ4n) is 2.99. The number of ether oxygens (including phenoxy) is 2. The number of amides is 1. The van der Waals surface area contributed by atoms with E-state index in [1.165, 1.54) is 18.0 Å². The maximum Gasteiger partial charge on any atom is 0.421 e. The number of halogens is 3. The molecule has 1 amide bonds. The molecule has 3 N–H and O–H groups in total. The first-order valence-electron chi connectivity index (χ1n) is 10.8. The predicted molar refractivity (Wildman–Crippen MR) is 119 cm³/mol. The number of aryl methyl sites for hydroxylation is 1. The molecule has 11 nitrogen and oxygen atoms in total. The van der Waals surface area contributed by atoms with Crippen molar-refractivity contribution < 1.29 is 32.2 Å². The van der Waals surface area contributed by atoms with E-state index in [1.54, 1.807) is 27.7 Å². The molecule has 1 fully saturated rings. The van der Waals surface area contributed by atoms with Crippen molar-refractivity contribution in [2.24, 2.45) is 0 Å². The van der Waals surface area contributed by atoms with Gasteiger partial charge in [0.05, 0.1) is 25.0 Å². The van der Waals surface area contributed by atoms with E-state index < -0.39 is 35.4 Å². The van der Waals surface area contributed by atoms with Gasteiger partial charge >= 0.3 is 18.2 Å². The molecular weight excluding hydrogens is 471 g/mol. The number of nitrogens with one attached hydrogen (secondary N) is 3. The predicted octanol–water partition coefficient (Wildman–Crippen LogP) is 3.38. The highest BCUT2D eigenvalue weighted by atomic mass is 19.4. The van der Waals surface area contributed by atoms with Crippen molar-refractivity contribution in [2.75, 3.05) is 17.7 Å². The average molecular weight is 499 g/mol. The molecule has 35 heavy (non-hydrogen) atoms. The molecule has 1 saturated carbocycles. The Labute approximate surface area is 199 Å². The molecule has 2 heterocycles. The Hall–Kier alpha value is -3.58. The highest BCUT2D eigenvalue weighted by Crippen LogP contribution is 2.36. The lowest BCUT2D eigenvalue weighted by atomic mass is 10.2. The van der Waals surface area contributed by atoms with E-state index in [0.29, 0.717) is 11.4 Å². The summed E-state index contributed by atoms with van der Waals surface area (Å²) in [6, 6.07) is -1.14. The summed E-state index contributed by atoms with van der Waals surface area (Å²) in [6.07, 6.45) is -1.62. The first kappa shape index (κ1) is 26.0. The summed E-state index contributed by atoms with van der Waals surface area (Å²) in [6.45, 7) is 6.62. The van der Waals surface area contributed by atoms with E-state index in [1.807, 2.05) is 0 Å². The molecule has 0 radical (unpaired) electrons. The Bertz CT molecular complexity index is 1080. The van der Waals surface area contributed by atoms with Gasteiger partial charge in [-0.1, -0.05) is 0 Å². The molecule has 3 rings (SSSR count). The van der Waals surface area contributed by atoms with Crippen LogP contribution in [0.3, 0.4) is 0 Å². The van der Waals surface area contributed by atoms with Crippen LogP contribution in [0.4, 0.5) is 35.4 Å². The summed E-state index contributed by atoms with van der Waals surface area (Å²) in [4.78, 5) is 32.1. The van der Waals surface area contributed by atoms with Crippen molar-refractivity contribution in [1.29, 1.82) is 0 Å². The molecule has 2 aromatic heterocycles. The molecule has 0 aliphatic heterocycles. The summed E-state index contributed by atoms with van der Waals surface area (Å²) >= 11 is 0. The summed E-state index contributed by atoms with van der Waals surface area (Å²) in [7, 11) is 1.18. The van der Waals surface area contributed by atoms with Crippen molar-refractivity contribution in [3.63, 3.8) is 0 Å². The topological polar surface area (TPSA) is 132 Å². The molecule has 14 heteroatoms. The fourth-order valence-corrected chi connectivity index (χ4v) is 2.99. The largest absolute Gasteiger partial charge is 0.467 e. The summed E-state index contributed by atoms with van der Waals surface area (Å²) < 4.78 is 51.2. The van der Waals surface area contributed by atoms with Crippen molar-refractivity contribution >= 4 is 29.5 Å². The van der Waals surface area contributed by atoms with Gasteiger partial charge in [-0.2, -0.15) is 23.3 Å². The smallest absolute Gasteiger partial charge is 0.421 e. The molecule has 0 unspecified atom stereocenters. The van der Waals surface area contributed by atoms with Gasteiger partial charge in [-0.05, 0) is 40.5 Å². The summed E-state index contributed by atoms with van der Waals surface area (Å²) in [5, 5.41) is 12.4. The fraction of sp³-hybridized carbons (Fsp3) is 0.571. The number of alkyl halides is 3. The van der Waals surface area contributed by atoms with Gasteiger partial charge in [-0.25, -0.2) is 14.6 Å². The van der Waals surface area contributed by atoms with E-state index in [0.717, 1.165) is 19.0 Å². The van der Waals surface area contributed by atoms with Crippen LogP contribution in [0.1, 0.15) is 44.9 Å². The highest BCUT2D eigenvalue weighted by molar-refractivity contribution is 5.81. The van der Waals surface area contributed by atoms with Gasteiger partial charge < -0.3 is 25.4 Å². The molecule has 1 atom stereocenters. The molecule has 0 aromatic carbocycles. The zero-order valence-electron chi connectivity index (χ0n) is 20.0. The number of aromatic nitrogens is 4. The number of methoxy groups -OCH3 is 1. The molecule has 2 aromatic rings. The lowest BCUT2D eigenvalue weighted by molar-refractivity contribution is -0.143. The lowest BCUT2D eigenvalue weighted by Crippen LogP contribution is -2.46. The Balaban J connectivity index is 1.76. The first-order valence-corrected chi connectivity index (χ1v) is 10.8. The highest BCUT2D eigenvalue weighted by Gasteiger charge is 2.37. The molecule has 192 valence electrons. The number of carbonyl (C=O) groups is 2. The van der Waals surface area contributed by atoms with Crippen molar-refractivity contribution in [3.05, 3.63) is 23.7 Å². The minimum Gasteiger partial charge on any atom is -0.467 e. The standard InChI is InChI=1S/C21H28F3N7O4/c1-11-14(27-18-25-8-13(21(22,23)24)16(29-18)26-12-6-7-12)9-31(30-11)10-15(17(32)34-5)28-19(33)35-20(2,3)4/h8-9,12,15H,6-7,10H2,1-5H3,(H,28,33)(H2,25,26,27,29)/t15-/m0/s1. The lowest BCUT2D eigenvalue weighted by Gasteiger charge is -2.22. The van der Waals surface area contributed by atoms with Crippen LogP contribution in [-0.2, 0) is 27.0 Å². The Morgan fingerprint density at radius 1 is 1.26 bits per heavy atom. The SMILES string of the molecule is COC(=O)[C@H](Cn1cc(Nc2ncc(C(F)(F)F)c(NC3CC3)n2)c(C)n1)NC(=O)OC(C)(C)C. The normalized spacial score (nSPS) is 14.7. The van der Waals surface area contributed by atoms with Crippen LogP contribution in [0.25, 0.3) is 0 Å². The maximum absolute atomic E-state index is 13.3. The third-order valence-corrected chi connectivity index (χ3v) is 4.75. The number of nitrogens with zero attached hydrogens (tertiary/aromatic N) is 4. The van der Waals surface area contributed by atoms with Gasteiger partial charge in [0.1, 0.15) is 23.0 Å². The van der Waals surface area contributed by atoms with Gasteiger partial charge in [0.25, 0.3) is 0 Å². The van der Waals surface area contributed by atoms with Crippen LogP contribution in [-0.4, -0.2) is 56.6 Å². The minimum absolute atomic E-state index is 0.0453. The first-order chi connectivity index (χ1) is 16.2. The second-order valence-corrected chi connectivity index (χ2v) is 9.07. The molecule has 0 bridgehead atoms. The number of hydrogen-bond acceptors (Lipinski definition) is 9. The molecule has 1 aliphatic carbocycles. The van der Waals surface area contributed by atoms with Gasteiger partial charge in [0, 0.05) is 18.4 Å². The van der Waals surface area contributed by atoms with Gasteiger partial charge in [0.15, 0.2) is 0 Å². The van der Waals surface area contributed by atoms with E-state index in [9.17, 15) is 22.8 Å². The van der Waals surface area contributed by atoms with Crippen LogP contribution in [0, 0.1) is 6.92 Å². The minimum atomic E-state index is -4.60. The Morgan fingerprint density at radius 2 is 1.94 bits per heavy atom. The maximum atomic E-state index is 13.3. The quantitative estimate of drug-likeness (QED) is 0.468. The van der Waals surface area contributed by atoms with Gasteiger partial charge in [-0.15, -0.1) is 0 Å². The van der Waals surface area contributed by atoms with E-state index in [4.69, 9.17) is 9.47 Å². The second kappa shape index (κ2) is 9.96. The van der Waals surface area contributed by atoms with E-state index in [2.05, 4.69) is 31.0 Å². The Kier molecular flexibility index (Phi) is 7.41. The number of anilines is 3. The van der Waals surface area contributed by atoms with E-state index in [-0.39, 0.29) is 24.4 Å². The molecule has 1 aliphatic rings. The summed E-state index contributed by atoms with van der Waals surface area (Å²) in [5.74, 6) is -1.06. The number of hydrogen-bond donors (Lipinski definition) is 3. The molecular formula is C21H28F3N7O4. The average Bonchev–Trinajstić information content (AvgIpc) is 3.47. The van der Waals surface area contributed by atoms with Crippen molar-refractivity contribution in [1.82, 2.24) is 25.1 Å². The molecule has 0 saturated heterocycles. The van der Waals surface area contributed by atoms with Crippen LogP contribution in [0.2, 0.25) is 0 Å². The van der Waals surface area contributed by atoms with Gasteiger partial charge in [0.2, 0.25) is 5.95 Å². The monoisotopic (exact) mass is 499 g/mol. The zero-order chi connectivity index (χ0) is 26.0. The second-order valence-electron chi connectivity index (χ2n) is 9.07. The number of rotatable bonds is 8. The van der Waals surface area contributed by atoms with Crippen LogP contribution in [0.5, 0.6) is 0 Å². The van der Waals surface area contributed by atoms with Crippen LogP contribution >= 0.6 is 0 Å². The number of esters is 1. The third-order valence-electron chi connectivity index (χ3n) is 4.75. The van der Waals surface area contributed by atoms with Gasteiger partial charge in [-0.3, -0.25) is 4.68 Å². The molecule has 0 spiro atoms. The van der Waals surface area contributed by atoms with E-state index >= 15 is 0 Å². The van der Waals surface area contributed by atoms with Crippen molar-refractivity contribution in [2.45, 2.75) is 70.9 Å².